The molecular weight excluding hydrogens is 498 g/mol. The molecule has 0 fully saturated rings. The number of methoxy groups -OCH3 is 2. The molecule has 39 heavy (non-hydrogen) atoms. The maximum atomic E-state index is 13.8. The lowest BCUT2D eigenvalue weighted by Gasteiger charge is -2.21. The van der Waals surface area contributed by atoms with Crippen molar-refractivity contribution >= 4 is 11.6 Å². The summed E-state index contributed by atoms with van der Waals surface area (Å²) in [6, 6.07) is 18.5. The third-order valence-electron chi connectivity index (χ3n) is 6.67. The van der Waals surface area contributed by atoms with Crippen molar-refractivity contribution in [3.8, 4) is 34.6 Å². The maximum absolute atomic E-state index is 13.8. The van der Waals surface area contributed by atoms with Crippen LogP contribution in [0.3, 0.4) is 0 Å². The predicted octanol–water partition coefficient (Wildman–Crippen LogP) is 4.95. The minimum atomic E-state index is -0.370. The zero-order valence-corrected chi connectivity index (χ0v) is 22.4. The van der Waals surface area contributed by atoms with Crippen LogP contribution in [0.2, 0.25) is 0 Å². The number of carbonyl (C=O) groups excluding carboxylic acids is 1. The predicted molar refractivity (Wildman–Crippen MR) is 148 cm³/mol. The van der Waals surface area contributed by atoms with Crippen LogP contribution < -0.4 is 29.8 Å². The molecule has 0 aliphatic carbocycles. The van der Waals surface area contributed by atoms with Gasteiger partial charge in [-0.15, -0.1) is 0 Å². The summed E-state index contributed by atoms with van der Waals surface area (Å²) in [5.41, 5.74) is 3.31. The van der Waals surface area contributed by atoms with Crippen LogP contribution >= 0.6 is 0 Å². The Kier molecular flexibility index (Phi) is 7.31. The van der Waals surface area contributed by atoms with E-state index in [0.717, 1.165) is 17.5 Å². The molecule has 0 spiro atoms. The van der Waals surface area contributed by atoms with Crippen LogP contribution in [0.1, 0.15) is 30.5 Å². The molecule has 9 nitrogen and oxygen atoms in total. The van der Waals surface area contributed by atoms with Gasteiger partial charge in [-0.25, -0.2) is 9.36 Å². The largest absolute Gasteiger partial charge is 0.497 e. The van der Waals surface area contributed by atoms with Gasteiger partial charge in [0.1, 0.15) is 18.0 Å². The molecule has 0 radical (unpaired) electrons. The van der Waals surface area contributed by atoms with Crippen molar-refractivity contribution in [1.82, 2.24) is 9.36 Å². The Hall–Kier alpha value is -4.66. The number of amides is 1. The van der Waals surface area contributed by atoms with Crippen LogP contribution in [-0.4, -0.2) is 36.1 Å². The van der Waals surface area contributed by atoms with Crippen molar-refractivity contribution in [3.05, 3.63) is 87.7 Å². The summed E-state index contributed by atoms with van der Waals surface area (Å²) in [7, 11) is 3.08. The molecule has 9 heteroatoms. The van der Waals surface area contributed by atoms with Gasteiger partial charge in [0.25, 0.3) is 5.56 Å². The van der Waals surface area contributed by atoms with Crippen molar-refractivity contribution in [2.24, 2.45) is 0 Å². The Morgan fingerprint density at radius 2 is 1.79 bits per heavy atom. The highest BCUT2D eigenvalue weighted by Crippen LogP contribution is 2.42. The lowest BCUT2D eigenvalue weighted by atomic mass is 10.0. The zero-order chi connectivity index (χ0) is 27.5. The highest BCUT2D eigenvalue weighted by atomic mass is 16.5. The van der Waals surface area contributed by atoms with Gasteiger partial charge in [-0.05, 0) is 49.2 Å². The number of hydrogen-bond donors (Lipinski definition) is 1. The number of carbonyl (C=O) groups is 1. The fourth-order valence-corrected chi connectivity index (χ4v) is 4.72. The molecule has 0 unspecified atom stereocenters. The van der Waals surface area contributed by atoms with E-state index >= 15 is 0 Å². The number of fused-ring (bicyclic) bond motifs is 2. The molecule has 4 aromatic rings. The summed E-state index contributed by atoms with van der Waals surface area (Å²) < 4.78 is 25.9. The second-order valence-corrected chi connectivity index (χ2v) is 9.05. The first-order chi connectivity index (χ1) is 19.0. The molecule has 202 valence electrons. The van der Waals surface area contributed by atoms with Crippen LogP contribution in [0.4, 0.5) is 5.69 Å². The van der Waals surface area contributed by atoms with Gasteiger partial charge in [-0.3, -0.25) is 9.59 Å². The Balaban J connectivity index is 1.58. The van der Waals surface area contributed by atoms with Gasteiger partial charge in [-0.1, -0.05) is 31.2 Å². The van der Waals surface area contributed by atoms with E-state index < -0.39 is 0 Å². The molecule has 2 heterocycles. The van der Waals surface area contributed by atoms with E-state index in [-0.39, 0.29) is 18.0 Å². The van der Waals surface area contributed by atoms with Gasteiger partial charge in [0.15, 0.2) is 11.5 Å². The van der Waals surface area contributed by atoms with Crippen molar-refractivity contribution in [3.63, 3.8) is 0 Å². The topological polar surface area (TPSA) is 93.0 Å². The highest BCUT2D eigenvalue weighted by Gasteiger charge is 2.31. The number of nitrogens with one attached hydrogen (secondary N) is 1. The van der Waals surface area contributed by atoms with Gasteiger partial charge < -0.3 is 24.3 Å². The molecule has 1 aromatic heterocycles. The molecule has 1 aliphatic rings. The molecule has 0 atom stereocenters. The number of ether oxygens (including phenoxy) is 4. The summed E-state index contributed by atoms with van der Waals surface area (Å²) in [5.74, 6) is 2.13. The van der Waals surface area contributed by atoms with Gasteiger partial charge in [0.05, 0.1) is 37.8 Å². The monoisotopic (exact) mass is 529 g/mol. The number of aryl methyl sites for hydroxylation is 1. The Labute approximate surface area is 226 Å². The number of nitrogens with zero attached hydrogens (tertiary/aromatic N) is 2. The van der Waals surface area contributed by atoms with E-state index in [1.165, 1.54) is 11.8 Å². The van der Waals surface area contributed by atoms with Crippen LogP contribution in [0.15, 0.2) is 65.5 Å². The Morgan fingerprint density at radius 1 is 1.00 bits per heavy atom. The second-order valence-electron chi connectivity index (χ2n) is 9.05. The smallest absolute Gasteiger partial charge is 0.278 e. The number of para-hydroxylation sites is 1. The second kappa shape index (κ2) is 11.0. The Bertz CT molecular complexity index is 1570. The summed E-state index contributed by atoms with van der Waals surface area (Å²) in [5, 5.41) is 2.89. The molecular formula is C30H31N3O6. The molecule has 1 N–H and O–H groups in total. The first kappa shape index (κ1) is 26.0. The summed E-state index contributed by atoms with van der Waals surface area (Å²) in [6.45, 7) is 4.25. The maximum Gasteiger partial charge on any atom is 0.278 e. The first-order valence-electron chi connectivity index (χ1n) is 12.9. The average molecular weight is 530 g/mol. The quantitative estimate of drug-likeness (QED) is 0.290. The van der Waals surface area contributed by atoms with E-state index in [4.69, 9.17) is 18.9 Å². The summed E-state index contributed by atoms with van der Waals surface area (Å²) in [6.07, 6.45) is 1.23. The molecule has 3 aromatic carbocycles. The van der Waals surface area contributed by atoms with Gasteiger partial charge in [0.2, 0.25) is 11.8 Å². The van der Waals surface area contributed by atoms with E-state index in [2.05, 4.69) is 12.2 Å². The average Bonchev–Trinajstić information content (AvgIpc) is 3.22. The summed E-state index contributed by atoms with van der Waals surface area (Å²) >= 11 is 0. The SMILES string of the molecule is CCOc1cccc2c1Oc1c(c(=O)n(-c3ccc(CC)cc3)n1CC(=O)Nc1cc(OC)ccc1OC)C2. The number of rotatable bonds is 9. The molecule has 0 saturated carbocycles. The van der Waals surface area contributed by atoms with E-state index in [0.29, 0.717) is 58.8 Å². The van der Waals surface area contributed by atoms with Gasteiger partial charge in [0, 0.05) is 18.1 Å². The molecule has 0 bridgehead atoms. The standard InChI is InChI=1S/C30H31N3O6/c1-5-19-10-12-21(13-11-19)33-29(35)23-16-20-8-7-9-26(38-6-2)28(20)39-30(23)32(33)18-27(34)31-24-17-22(36-3)14-15-25(24)37-4/h7-15,17H,5-6,16,18H2,1-4H3,(H,31,34). The van der Waals surface area contributed by atoms with Crippen LogP contribution in [0, 0.1) is 0 Å². The minimum absolute atomic E-state index is 0.188. The molecule has 5 rings (SSSR count). The lowest BCUT2D eigenvalue weighted by molar-refractivity contribution is -0.117. The number of aromatic nitrogens is 2. The highest BCUT2D eigenvalue weighted by molar-refractivity contribution is 5.92. The number of anilines is 1. The molecule has 1 amide bonds. The minimum Gasteiger partial charge on any atom is -0.497 e. The van der Waals surface area contributed by atoms with Gasteiger partial charge >= 0.3 is 0 Å². The fourth-order valence-electron chi connectivity index (χ4n) is 4.72. The molecule has 1 aliphatic heterocycles. The zero-order valence-electron chi connectivity index (χ0n) is 22.4. The fraction of sp³-hybridized carbons (Fsp3) is 0.267. The van der Waals surface area contributed by atoms with Gasteiger partial charge in [-0.2, -0.15) is 0 Å². The van der Waals surface area contributed by atoms with Crippen molar-refractivity contribution in [2.45, 2.75) is 33.2 Å². The van der Waals surface area contributed by atoms with E-state index in [1.807, 2.05) is 49.4 Å². The van der Waals surface area contributed by atoms with Crippen molar-refractivity contribution < 1.29 is 23.7 Å². The number of benzene rings is 3. The third kappa shape index (κ3) is 4.95. The lowest BCUT2D eigenvalue weighted by Crippen LogP contribution is -2.27. The van der Waals surface area contributed by atoms with Crippen molar-refractivity contribution in [2.75, 3.05) is 26.1 Å². The van der Waals surface area contributed by atoms with Crippen LogP contribution in [-0.2, 0) is 24.2 Å². The third-order valence-corrected chi connectivity index (χ3v) is 6.67. The van der Waals surface area contributed by atoms with E-state index in [9.17, 15) is 9.59 Å². The number of hydrogen-bond acceptors (Lipinski definition) is 6. The van der Waals surface area contributed by atoms with E-state index in [1.54, 1.807) is 30.0 Å². The normalized spacial score (nSPS) is 11.7. The Morgan fingerprint density at radius 3 is 2.49 bits per heavy atom. The molecule has 0 saturated heterocycles. The van der Waals surface area contributed by atoms with Crippen molar-refractivity contribution in [1.29, 1.82) is 0 Å². The summed E-state index contributed by atoms with van der Waals surface area (Å²) in [4.78, 5) is 27.2. The van der Waals surface area contributed by atoms with Crippen LogP contribution in [0.5, 0.6) is 28.9 Å². The first-order valence-corrected chi connectivity index (χ1v) is 12.9. The van der Waals surface area contributed by atoms with Crippen LogP contribution in [0.25, 0.3) is 5.69 Å².